The number of aromatic nitrogens is 1. The van der Waals surface area contributed by atoms with Crippen LogP contribution in [-0.4, -0.2) is 10.8 Å². The van der Waals surface area contributed by atoms with Crippen molar-refractivity contribution in [3.8, 4) is 0 Å². The number of nitrogens with zero attached hydrogens (tertiary/aromatic N) is 3. The summed E-state index contributed by atoms with van der Waals surface area (Å²) in [5.41, 5.74) is 1.20. The summed E-state index contributed by atoms with van der Waals surface area (Å²) >= 11 is 1.65. The lowest BCUT2D eigenvalue weighted by Gasteiger charge is -1.91. The van der Waals surface area contributed by atoms with Gasteiger partial charge in [0, 0.05) is 13.3 Å². The molecule has 0 aliphatic heterocycles. The average Bonchev–Trinajstić information content (AvgIpc) is 2.54. The van der Waals surface area contributed by atoms with Gasteiger partial charge in [0.2, 0.25) is 4.80 Å². The Labute approximate surface area is 86.0 Å². The van der Waals surface area contributed by atoms with Crippen LogP contribution in [-0.2, 0) is 7.05 Å². The van der Waals surface area contributed by atoms with Gasteiger partial charge in [-0.2, -0.15) is 5.10 Å². The van der Waals surface area contributed by atoms with Gasteiger partial charge < -0.3 is 4.57 Å². The fourth-order valence-electron chi connectivity index (χ4n) is 1.29. The molecule has 0 aliphatic rings. The molecule has 72 valence electrons. The summed E-state index contributed by atoms with van der Waals surface area (Å²) in [6, 6.07) is 8.24. The largest absolute Gasteiger partial charge is 0.318 e. The van der Waals surface area contributed by atoms with E-state index in [9.17, 15) is 0 Å². The molecular weight excluding hydrogens is 194 g/mol. The average molecular weight is 205 g/mol. The van der Waals surface area contributed by atoms with Gasteiger partial charge >= 0.3 is 0 Å². The predicted octanol–water partition coefficient (Wildman–Crippen LogP) is 2.15. The van der Waals surface area contributed by atoms with E-state index in [-0.39, 0.29) is 0 Å². The third-order valence-electron chi connectivity index (χ3n) is 1.97. The van der Waals surface area contributed by atoms with E-state index in [2.05, 4.69) is 22.3 Å². The third kappa shape index (κ3) is 1.48. The van der Waals surface area contributed by atoms with Crippen molar-refractivity contribution in [3.05, 3.63) is 29.1 Å². The molecule has 1 aromatic carbocycles. The topological polar surface area (TPSA) is 29.6 Å². The molecule has 0 radical (unpaired) electrons. The quantitative estimate of drug-likeness (QED) is 0.504. The predicted molar refractivity (Wildman–Crippen MR) is 60.5 cm³/mol. The van der Waals surface area contributed by atoms with Crippen molar-refractivity contribution in [2.45, 2.75) is 6.92 Å². The zero-order valence-corrected chi connectivity index (χ0v) is 8.95. The molecule has 0 unspecified atom stereocenters. The van der Waals surface area contributed by atoms with Gasteiger partial charge in [0.15, 0.2) is 0 Å². The zero-order chi connectivity index (χ0) is 9.97. The minimum Gasteiger partial charge on any atom is -0.318 e. The maximum atomic E-state index is 4.11. The first-order chi connectivity index (χ1) is 6.83. The number of aryl methyl sites for hydroxylation is 1. The summed E-state index contributed by atoms with van der Waals surface area (Å²) in [4.78, 5) is 0.921. The number of rotatable bonds is 1. The fourth-order valence-corrected chi connectivity index (χ4v) is 2.26. The minimum absolute atomic E-state index is 0.921. The summed E-state index contributed by atoms with van der Waals surface area (Å²) in [6.07, 6.45) is 1.68. The molecule has 0 aliphatic carbocycles. The molecule has 1 heterocycles. The lowest BCUT2D eigenvalue weighted by Crippen LogP contribution is -2.08. The molecule has 0 N–H and O–H groups in total. The zero-order valence-electron chi connectivity index (χ0n) is 8.14. The molecule has 1 aromatic heterocycles. The summed E-state index contributed by atoms with van der Waals surface area (Å²) in [5.74, 6) is 0. The first-order valence-corrected chi connectivity index (χ1v) is 5.21. The second-order valence-corrected chi connectivity index (χ2v) is 3.89. The Bertz CT molecular complexity index is 534. The molecule has 2 rings (SSSR count). The second kappa shape index (κ2) is 3.75. The maximum absolute atomic E-state index is 4.11. The van der Waals surface area contributed by atoms with Gasteiger partial charge in [-0.1, -0.05) is 23.5 Å². The standard InChI is InChI=1S/C10H11N3S/c1-3-11-12-10-13(2)8-6-4-5-7-9(8)14-10/h3-7H,1-2H3/b11-3+,12-10-. The van der Waals surface area contributed by atoms with Crippen LogP contribution < -0.4 is 4.80 Å². The van der Waals surface area contributed by atoms with E-state index >= 15 is 0 Å². The van der Waals surface area contributed by atoms with Crippen LogP contribution in [0.5, 0.6) is 0 Å². The Hall–Kier alpha value is -1.42. The van der Waals surface area contributed by atoms with Crippen LogP contribution in [0.25, 0.3) is 10.2 Å². The van der Waals surface area contributed by atoms with E-state index in [1.807, 2.05) is 30.7 Å². The molecule has 0 saturated heterocycles. The Morgan fingerprint density at radius 2 is 2.14 bits per heavy atom. The highest BCUT2D eigenvalue weighted by molar-refractivity contribution is 7.16. The third-order valence-corrected chi connectivity index (χ3v) is 3.08. The SMILES string of the molecule is C/C=N/N=c1\sc2ccccc2n1C. The molecule has 3 nitrogen and oxygen atoms in total. The fraction of sp³-hybridized carbons (Fsp3) is 0.200. The molecule has 0 bridgehead atoms. The first kappa shape index (κ1) is 9.15. The van der Waals surface area contributed by atoms with Crippen LogP contribution in [0.15, 0.2) is 34.5 Å². The highest BCUT2D eigenvalue weighted by Crippen LogP contribution is 2.14. The van der Waals surface area contributed by atoms with E-state index in [1.165, 1.54) is 10.2 Å². The van der Waals surface area contributed by atoms with Crippen molar-refractivity contribution in [1.82, 2.24) is 4.57 Å². The van der Waals surface area contributed by atoms with Crippen LogP contribution in [0.2, 0.25) is 0 Å². The van der Waals surface area contributed by atoms with Gasteiger partial charge in [0.25, 0.3) is 0 Å². The van der Waals surface area contributed by atoms with Crippen LogP contribution >= 0.6 is 11.3 Å². The van der Waals surface area contributed by atoms with Crippen molar-refractivity contribution in [2.24, 2.45) is 17.3 Å². The normalized spacial score (nSPS) is 13.1. The van der Waals surface area contributed by atoms with Crippen LogP contribution in [0.3, 0.4) is 0 Å². The molecular formula is C10H11N3S. The van der Waals surface area contributed by atoms with Gasteiger partial charge in [-0.15, -0.1) is 5.10 Å². The molecule has 14 heavy (non-hydrogen) atoms. The van der Waals surface area contributed by atoms with Gasteiger partial charge in [-0.25, -0.2) is 0 Å². The maximum Gasteiger partial charge on any atom is 0.211 e. The number of benzene rings is 1. The van der Waals surface area contributed by atoms with Crippen molar-refractivity contribution >= 4 is 27.8 Å². The number of para-hydroxylation sites is 1. The summed E-state index contributed by atoms with van der Waals surface area (Å²) in [6.45, 7) is 1.86. The van der Waals surface area contributed by atoms with Gasteiger partial charge in [0.1, 0.15) is 0 Å². The van der Waals surface area contributed by atoms with E-state index in [0.29, 0.717) is 0 Å². The van der Waals surface area contributed by atoms with Gasteiger partial charge in [-0.05, 0) is 19.1 Å². The van der Waals surface area contributed by atoms with Crippen molar-refractivity contribution < 1.29 is 0 Å². The molecule has 0 amide bonds. The highest BCUT2D eigenvalue weighted by atomic mass is 32.1. The highest BCUT2D eigenvalue weighted by Gasteiger charge is 1.99. The summed E-state index contributed by atoms with van der Waals surface area (Å²) < 4.78 is 3.28. The minimum atomic E-state index is 0.921. The molecule has 0 saturated carbocycles. The Balaban J connectivity index is 2.74. The van der Waals surface area contributed by atoms with E-state index in [4.69, 9.17) is 0 Å². The number of hydrogen-bond donors (Lipinski definition) is 0. The summed E-state index contributed by atoms with van der Waals surface area (Å²) in [7, 11) is 2.00. The number of hydrogen-bond acceptors (Lipinski definition) is 3. The Morgan fingerprint density at radius 1 is 1.36 bits per heavy atom. The van der Waals surface area contributed by atoms with E-state index in [1.54, 1.807) is 17.6 Å². The van der Waals surface area contributed by atoms with Crippen LogP contribution in [0, 0.1) is 0 Å². The first-order valence-electron chi connectivity index (χ1n) is 4.39. The second-order valence-electron chi connectivity index (χ2n) is 2.89. The molecule has 4 heteroatoms. The van der Waals surface area contributed by atoms with Crippen molar-refractivity contribution in [2.75, 3.05) is 0 Å². The Morgan fingerprint density at radius 3 is 2.86 bits per heavy atom. The van der Waals surface area contributed by atoms with E-state index in [0.717, 1.165) is 4.80 Å². The lowest BCUT2D eigenvalue weighted by molar-refractivity contribution is 0.889. The van der Waals surface area contributed by atoms with Gasteiger partial charge in [0.05, 0.1) is 10.2 Å². The lowest BCUT2D eigenvalue weighted by atomic mass is 10.3. The van der Waals surface area contributed by atoms with Gasteiger partial charge in [-0.3, -0.25) is 0 Å². The molecule has 0 fully saturated rings. The van der Waals surface area contributed by atoms with Crippen LogP contribution in [0.4, 0.5) is 0 Å². The smallest absolute Gasteiger partial charge is 0.211 e. The number of fused-ring (bicyclic) bond motifs is 1. The number of thiazole rings is 1. The Kier molecular flexibility index (Phi) is 2.45. The summed E-state index contributed by atoms with van der Waals surface area (Å²) in [5, 5.41) is 8.00. The monoisotopic (exact) mass is 205 g/mol. The van der Waals surface area contributed by atoms with Crippen molar-refractivity contribution in [1.29, 1.82) is 0 Å². The molecule has 0 atom stereocenters. The molecule has 0 spiro atoms. The molecule has 2 aromatic rings. The van der Waals surface area contributed by atoms with Crippen molar-refractivity contribution in [3.63, 3.8) is 0 Å². The van der Waals surface area contributed by atoms with E-state index < -0.39 is 0 Å². The van der Waals surface area contributed by atoms with Crippen LogP contribution in [0.1, 0.15) is 6.92 Å².